The first-order valence-corrected chi connectivity index (χ1v) is 12.5. The number of pyridine rings is 1. The van der Waals surface area contributed by atoms with Crippen LogP contribution in [0.4, 0.5) is 16.2 Å². The molecule has 4 aromatic rings. The predicted molar refractivity (Wildman–Crippen MR) is 142 cm³/mol. The highest BCUT2D eigenvalue weighted by Crippen LogP contribution is 2.26. The third-order valence-electron chi connectivity index (χ3n) is 6.51. The number of urea groups is 1. The molecule has 1 aliphatic heterocycles. The molecule has 0 unspecified atom stereocenters. The fourth-order valence-corrected chi connectivity index (χ4v) is 4.54. The van der Waals surface area contributed by atoms with E-state index in [0.717, 1.165) is 37.2 Å². The number of anilines is 2. The van der Waals surface area contributed by atoms with Gasteiger partial charge in [-0.25, -0.2) is 14.5 Å². The van der Waals surface area contributed by atoms with Crippen molar-refractivity contribution in [2.45, 2.75) is 39.2 Å². The van der Waals surface area contributed by atoms with Crippen LogP contribution in [0.3, 0.4) is 0 Å². The number of fused-ring (bicyclic) bond motifs is 1. The van der Waals surface area contributed by atoms with Crippen LogP contribution in [0.15, 0.2) is 66.9 Å². The van der Waals surface area contributed by atoms with Gasteiger partial charge in [-0.05, 0) is 50.1 Å². The Hall–Kier alpha value is -4.20. The first kappa shape index (κ1) is 23.5. The first-order valence-electron chi connectivity index (χ1n) is 12.5. The molecule has 8 heteroatoms. The monoisotopic (exact) mass is 482 g/mol. The molecule has 0 radical (unpaired) electrons. The van der Waals surface area contributed by atoms with Crippen LogP contribution in [0.1, 0.15) is 43.0 Å². The smallest absolute Gasteiger partial charge is 0.321 e. The summed E-state index contributed by atoms with van der Waals surface area (Å²) < 4.78 is 1.79. The van der Waals surface area contributed by atoms with E-state index in [2.05, 4.69) is 15.7 Å². The zero-order chi connectivity index (χ0) is 24.9. The van der Waals surface area contributed by atoms with Gasteiger partial charge in [0, 0.05) is 36.6 Å². The Morgan fingerprint density at radius 2 is 1.56 bits per heavy atom. The SMILES string of the molecule is CCn1ncc2c(C(=O)Nc3ccc(NC(=O)N4CCCCCC4)cc3)cc(-c3ccccc3)nc21. The lowest BCUT2D eigenvalue weighted by Crippen LogP contribution is -2.35. The van der Waals surface area contributed by atoms with Gasteiger partial charge in [0.2, 0.25) is 0 Å². The minimum atomic E-state index is -0.239. The number of aromatic nitrogens is 3. The lowest BCUT2D eigenvalue weighted by atomic mass is 10.1. The van der Waals surface area contributed by atoms with E-state index < -0.39 is 0 Å². The lowest BCUT2D eigenvalue weighted by molar-refractivity contribution is 0.102. The second kappa shape index (κ2) is 10.6. The van der Waals surface area contributed by atoms with E-state index in [1.807, 2.05) is 48.2 Å². The van der Waals surface area contributed by atoms with Crippen LogP contribution in [-0.2, 0) is 6.54 Å². The second-order valence-corrected chi connectivity index (χ2v) is 8.98. The molecule has 3 amide bonds. The lowest BCUT2D eigenvalue weighted by Gasteiger charge is -2.20. The van der Waals surface area contributed by atoms with Crippen LogP contribution >= 0.6 is 0 Å². The Balaban J connectivity index is 1.35. The Kier molecular flexibility index (Phi) is 6.93. The minimum absolute atomic E-state index is 0.0748. The van der Waals surface area contributed by atoms with Gasteiger partial charge in [0.1, 0.15) is 0 Å². The second-order valence-electron chi connectivity index (χ2n) is 8.98. The molecule has 184 valence electrons. The van der Waals surface area contributed by atoms with Crippen LogP contribution in [-0.4, -0.2) is 44.7 Å². The number of amides is 3. The van der Waals surface area contributed by atoms with Gasteiger partial charge in [0.15, 0.2) is 5.65 Å². The van der Waals surface area contributed by atoms with E-state index in [4.69, 9.17) is 4.98 Å². The van der Waals surface area contributed by atoms with Gasteiger partial charge >= 0.3 is 6.03 Å². The molecular weight excluding hydrogens is 452 g/mol. The molecule has 0 aliphatic carbocycles. The van der Waals surface area contributed by atoms with Crippen LogP contribution in [0.25, 0.3) is 22.3 Å². The highest BCUT2D eigenvalue weighted by molar-refractivity contribution is 6.12. The third-order valence-corrected chi connectivity index (χ3v) is 6.51. The maximum absolute atomic E-state index is 13.4. The van der Waals surface area contributed by atoms with E-state index in [1.54, 1.807) is 35.1 Å². The van der Waals surface area contributed by atoms with Gasteiger partial charge in [-0.3, -0.25) is 4.79 Å². The van der Waals surface area contributed by atoms with Crippen molar-refractivity contribution in [2.75, 3.05) is 23.7 Å². The number of carbonyl (C=O) groups excluding carboxylic acids is 2. The number of aryl methyl sites for hydroxylation is 1. The molecule has 2 aromatic heterocycles. The van der Waals surface area contributed by atoms with Crippen LogP contribution in [0, 0.1) is 0 Å². The average Bonchev–Trinajstić information content (AvgIpc) is 3.13. The van der Waals surface area contributed by atoms with Gasteiger partial charge < -0.3 is 15.5 Å². The number of carbonyl (C=O) groups is 2. The predicted octanol–water partition coefficient (Wildman–Crippen LogP) is 5.78. The normalized spacial score (nSPS) is 13.9. The summed E-state index contributed by atoms with van der Waals surface area (Å²) in [5, 5.41) is 11.1. The number of nitrogens with zero attached hydrogens (tertiary/aromatic N) is 4. The summed E-state index contributed by atoms with van der Waals surface area (Å²) in [5.74, 6) is -0.239. The molecule has 8 nitrogen and oxygen atoms in total. The van der Waals surface area contributed by atoms with Gasteiger partial charge in [-0.15, -0.1) is 0 Å². The summed E-state index contributed by atoms with van der Waals surface area (Å²) >= 11 is 0. The topological polar surface area (TPSA) is 92.2 Å². The van der Waals surface area contributed by atoms with E-state index in [0.29, 0.717) is 34.5 Å². The average molecular weight is 483 g/mol. The maximum Gasteiger partial charge on any atom is 0.321 e. The maximum atomic E-state index is 13.4. The molecule has 36 heavy (non-hydrogen) atoms. The summed E-state index contributed by atoms with van der Waals surface area (Å²) in [7, 11) is 0. The van der Waals surface area contributed by atoms with E-state index in [1.165, 1.54) is 12.8 Å². The van der Waals surface area contributed by atoms with E-state index in [-0.39, 0.29) is 11.9 Å². The Morgan fingerprint density at radius 1 is 0.889 bits per heavy atom. The summed E-state index contributed by atoms with van der Waals surface area (Å²) in [5.41, 5.74) is 4.18. The van der Waals surface area contributed by atoms with Gasteiger partial charge in [-0.2, -0.15) is 5.10 Å². The summed E-state index contributed by atoms with van der Waals surface area (Å²) in [6, 6.07) is 18.7. The minimum Gasteiger partial charge on any atom is -0.325 e. The quantitative estimate of drug-likeness (QED) is 0.377. The molecular formula is C28H30N6O2. The molecule has 1 fully saturated rings. The van der Waals surface area contributed by atoms with Crippen molar-refractivity contribution < 1.29 is 9.59 Å². The number of benzene rings is 2. The number of nitrogens with one attached hydrogen (secondary N) is 2. The molecule has 3 heterocycles. The van der Waals surface area contributed by atoms with Crippen LogP contribution in [0.5, 0.6) is 0 Å². The largest absolute Gasteiger partial charge is 0.325 e. The van der Waals surface area contributed by atoms with Crippen molar-refractivity contribution in [3.8, 4) is 11.3 Å². The molecule has 1 aliphatic rings. The molecule has 0 saturated carbocycles. The molecule has 0 bridgehead atoms. The fraction of sp³-hybridized carbons (Fsp3) is 0.286. The third kappa shape index (κ3) is 5.07. The zero-order valence-corrected chi connectivity index (χ0v) is 20.4. The molecule has 2 aromatic carbocycles. The summed E-state index contributed by atoms with van der Waals surface area (Å²) in [6.07, 6.45) is 6.13. The standard InChI is InChI=1S/C28H30N6O2/c1-2-34-26-24(19-29-34)23(18-25(32-26)20-10-6-5-7-11-20)27(35)30-21-12-14-22(15-13-21)31-28(36)33-16-8-3-4-9-17-33/h5-7,10-15,18-19H,2-4,8-9,16-17H2,1H3,(H,30,35)(H,31,36). The zero-order valence-electron chi connectivity index (χ0n) is 20.4. The summed E-state index contributed by atoms with van der Waals surface area (Å²) in [6.45, 7) is 4.23. The highest BCUT2D eigenvalue weighted by atomic mass is 16.2. The van der Waals surface area contributed by atoms with Crippen molar-refractivity contribution in [1.29, 1.82) is 0 Å². The van der Waals surface area contributed by atoms with Crippen molar-refractivity contribution in [3.63, 3.8) is 0 Å². The molecule has 5 rings (SSSR count). The Bertz CT molecular complexity index is 1360. The molecule has 0 spiro atoms. The number of likely N-dealkylation sites (tertiary alicyclic amines) is 1. The van der Waals surface area contributed by atoms with Gasteiger partial charge in [-0.1, -0.05) is 43.2 Å². The van der Waals surface area contributed by atoms with Crippen LogP contribution < -0.4 is 10.6 Å². The fourth-order valence-electron chi connectivity index (χ4n) is 4.54. The van der Waals surface area contributed by atoms with Crippen molar-refractivity contribution in [3.05, 3.63) is 72.4 Å². The Morgan fingerprint density at radius 3 is 2.22 bits per heavy atom. The van der Waals surface area contributed by atoms with Crippen molar-refractivity contribution in [2.24, 2.45) is 0 Å². The molecule has 0 atom stereocenters. The highest BCUT2D eigenvalue weighted by Gasteiger charge is 2.18. The van der Waals surface area contributed by atoms with Crippen molar-refractivity contribution in [1.82, 2.24) is 19.7 Å². The van der Waals surface area contributed by atoms with Gasteiger partial charge in [0.05, 0.1) is 22.8 Å². The van der Waals surface area contributed by atoms with Gasteiger partial charge in [0.25, 0.3) is 5.91 Å². The number of rotatable bonds is 5. The number of hydrogen-bond acceptors (Lipinski definition) is 4. The first-order chi connectivity index (χ1) is 17.6. The Labute approximate surface area is 210 Å². The van der Waals surface area contributed by atoms with Crippen LogP contribution in [0.2, 0.25) is 0 Å². The van der Waals surface area contributed by atoms with E-state index in [9.17, 15) is 9.59 Å². The van der Waals surface area contributed by atoms with E-state index >= 15 is 0 Å². The van der Waals surface area contributed by atoms with Crippen molar-refractivity contribution >= 4 is 34.3 Å². The number of hydrogen-bond donors (Lipinski definition) is 2. The molecule has 1 saturated heterocycles. The summed E-state index contributed by atoms with van der Waals surface area (Å²) in [4.78, 5) is 32.6. The molecule has 2 N–H and O–H groups in total.